The van der Waals surface area contributed by atoms with Gasteiger partial charge in [-0.1, -0.05) is 25.8 Å². The Bertz CT molecular complexity index is 996. The van der Waals surface area contributed by atoms with E-state index in [2.05, 4.69) is 12.2 Å². The van der Waals surface area contributed by atoms with E-state index >= 15 is 0 Å². The molecule has 0 saturated carbocycles. The molecule has 3 N–H and O–H groups in total. The van der Waals surface area contributed by atoms with Crippen molar-refractivity contribution < 1.29 is 33.3 Å². The zero-order valence-corrected chi connectivity index (χ0v) is 17.6. The van der Waals surface area contributed by atoms with E-state index in [9.17, 15) is 28.6 Å². The van der Waals surface area contributed by atoms with Crippen LogP contribution < -0.4 is 5.32 Å². The molecular weight excluding hydrogens is 424 g/mol. The molecule has 0 aliphatic carbocycles. The standard InChI is InChI=1S/C22H25F2N3O5/c1-2-3-4-14-11-32-17-10-26-9-15(19(28)20(29)18(26)22(31)27(14)17)21(30)25-8-12-5-6-13(23)7-16(12)24/h5-7,9,14,17,19,28-29H,2-4,8,10-11H2,1H3,(H,25,30)/t14-,17+,19?/m0/s1. The van der Waals surface area contributed by atoms with Crippen LogP contribution in [0.4, 0.5) is 8.78 Å². The molecule has 1 aromatic carbocycles. The fourth-order valence-electron chi connectivity index (χ4n) is 4.24. The van der Waals surface area contributed by atoms with Crippen LogP contribution in [-0.4, -0.2) is 63.4 Å². The molecule has 4 rings (SSSR count). The number of hydrogen-bond donors (Lipinski definition) is 3. The second-order valence-electron chi connectivity index (χ2n) is 8.09. The Kier molecular flexibility index (Phi) is 6.16. The highest BCUT2D eigenvalue weighted by molar-refractivity contribution is 5.99. The van der Waals surface area contributed by atoms with Crippen molar-refractivity contribution in [2.45, 2.75) is 51.1 Å². The van der Waals surface area contributed by atoms with Crippen molar-refractivity contribution in [3.8, 4) is 0 Å². The molecule has 3 aliphatic heterocycles. The number of fused-ring (bicyclic) bond motifs is 2. The first-order valence-electron chi connectivity index (χ1n) is 10.6. The van der Waals surface area contributed by atoms with E-state index in [1.54, 1.807) is 4.90 Å². The fourth-order valence-corrected chi connectivity index (χ4v) is 4.24. The van der Waals surface area contributed by atoms with E-state index < -0.39 is 41.5 Å². The number of hydrogen-bond acceptors (Lipinski definition) is 6. The normalized spacial score (nSPS) is 24.9. The van der Waals surface area contributed by atoms with Gasteiger partial charge in [0.15, 0.2) is 12.0 Å². The molecule has 1 unspecified atom stereocenters. The SMILES string of the molecule is CCCC[C@H]1CO[C@@H]2CN3C=C(C(=O)NCc4ccc(F)cc4F)C(O)C(O)=C3C(=O)N12. The molecule has 0 spiro atoms. The van der Waals surface area contributed by atoms with Crippen LogP contribution in [-0.2, 0) is 20.9 Å². The first kappa shape index (κ1) is 22.2. The topological polar surface area (TPSA) is 102 Å². The summed E-state index contributed by atoms with van der Waals surface area (Å²) < 4.78 is 32.6. The summed E-state index contributed by atoms with van der Waals surface area (Å²) >= 11 is 0. The van der Waals surface area contributed by atoms with Gasteiger partial charge >= 0.3 is 0 Å². The molecule has 2 saturated heterocycles. The lowest BCUT2D eigenvalue weighted by Gasteiger charge is -2.41. The Morgan fingerprint density at radius 2 is 2.12 bits per heavy atom. The molecule has 32 heavy (non-hydrogen) atoms. The van der Waals surface area contributed by atoms with Gasteiger partial charge in [0.25, 0.3) is 11.8 Å². The Labute approximate surface area is 183 Å². The summed E-state index contributed by atoms with van der Waals surface area (Å²) in [6.07, 6.45) is 1.75. The predicted molar refractivity (Wildman–Crippen MR) is 109 cm³/mol. The van der Waals surface area contributed by atoms with E-state index in [1.807, 2.05) is 0 Å². The van der Waals surface area contributed by atoms with E-state index in [-0.39, 0.29) is 36.0 Å². The van der Waals surface area contributed by atoms with Gasteiger partial charge < -0.3 is 30.1 Å². The van der Waals surface area contributed by atoms with Crippen LogP contribution in [0.25, 0.3) is 0 Å². The number of ether oxygens (including phenoxy) is 1. The number of unbranched alkanes of at least 4 members (excludes halogenated alkanes) is 1. The first-order chi connectivity index (χ1) is 15.3. The molecular formula is C22H25F2N3O5. The van der Waals surface area contributed by atoms with Crippen LogP contribution in [0.3, 0.4) is 0 Å². The van der Waals surface area contributed by atoms with E-state index in [1.165, 1.54) is 17.2 Å². The number of nitrogens with one attached hydrogen (secondary N) is 1. The Morgan fingerprint density at radius 3 is 2.84 bits per heavy atom. The number of carbonyl (C=O) groups is 2. The van der Waals surface area contributed by atoms with Crippen molar-refractivity contribution in [2.24, 2.45) is 0 Å². The maximum atomic E-state index is 13.8. The van der Waals surface area contributed by atoms with Crippen LogP contribution >= 0.6 is 0 Å². The number of benzene rings is 1. The third kappa shape index (κ3) is 3.95. The third-order valence-corrected chi connectivity index (χ3v) is 5.96. The molecule has 1 aromatic rings. The summed E-state index contributed by atoms with van der Waals surface area (Å²) in [6.45, 7) is 2.40. The van der Waals surface area contributed by atoms with Crippen molar-refractivity contribution in [3.63, 3.8) is 0 Å². The summed E-state index contributed by atoms with van der Waals surface area (Å²) in [4.78, 5) is 28.7. The van der Waals surface area contributed by atoms with E-state index in [0.29, 0.717) is 12.7 Å². The molecule has 2 amide bonds. The highest BCUT2D eigenvalue weighted by Crippen LogP contribution is 2.35. The monoisotopic (exact) mass is 449 g/mol. The number of nitrogens with zero attached hydrogens (tertiary/aromatic N) is 2. The minimum atomic E-state index is -1.71. The Balaban J connectivity index is 1.50. The third-order valence-electron chi connectivity index (χ3n) is 5.96. The number of carbonyl (C=O) groups excluding carboxylic acids is 2. The summed E-state index contributed by atoms with van der Waals surface area (Å²) in [5.74, 6) is -3.38. The van der Waals surface area contributed by atoms with Crippen LogP contribution in [0, 0.1) is 11.6 Å². The summed E-state index contributed by atoms with van der Waals surface area (Å²) in [5.41, 5.74) is -0.218. The maximum Gasteiger partial charge on any atom is 0.276 e. The van der Waals surface area contributed by atoms with Crippen LogP contribution in [0.5, 0.6) is 0 Å². The number of halogens is 2. The average molecular weight is 449 g/mol. The molecule has 2 fully saturated rings. The van der Waals surface area contributed by atoms with Gasteiger partial charge in [0.1, 0.15) is 23.4 Å². The van der Waals surface area contributed by atoms with Gasteiger partial charge in [-0.3, -0.25) is 9.59 Å². The molecule has 0 bridgehead atoms. The van der Waals surface area contributed by atoms with Crippen molar-refractivity contribution >= 4 is 11.8 Å². The van der Waals surface area contributed by atoms with Crippen molar-refractivity contribution in [1.29, 1.82) is 0 Å². The molecule has 3 atom stereocenters. The van der Waals surface area contributed by atoms with Gasteiger partial charge in [-0.25, -0.2) is 8.78 Å². The quantitative estimate of drug-likeness (QED) is 0.611. The lowest BCUT2D eigenvalue weighted by atomic mass is 9.99. The number of amides is 2. The van der Waals surface area contributed by atoms with Crippen molar-refractivity contribution in [3.05, 3.63) is 58.6 Å². The van der Waals surface area contributed by atoms with Gasteiger partial charge in [-0.05, 0) is 12.5 Å². The van der Waals surface area contributed by atoms with Crippen LogP contribution in [0.15, 0.2) is 41.4 Å². The fraction of sp³-hybridized carbons (Fsp3) is 0.455. The molecule has 3 heterocycles. The molecule has 8 nitrogen and oxygen atoms in total. The number of aliphatic hydroxyl groups excluding tert-OH is 2. The van der Waals surface area contributed by atoms with Crippen LogP contribution in [0.2, 0.25) is 0 Å². The van der Waals surface area contributed by atoms with Crippen molar-refractivity contribution in [2.75, 3.05) is 13.2 Å². The van der Waals surface area contributed by atoms with Gasteiger partial charge in [-0.2, -0.15) is 0 Å². The van der Waals surface area contributed by atoms with Gasteiger partial charge in [0.05, 0.1) is 24.8 Å². The predicted octanol–water partition coefficient (Wildman–Crippen LogP) is 1.67. The first-order valence-corrected chi connectivity index (χ1v) is 10.6. The summed E-state index contributed by atoms with van der Waals surface area (Å²) in [6, 6.07) is 2.88. The number of piperazine rings is 1. The van der Waals surface area contributed by atoms with Gasteiger partial charge in [0, 0.05) is 24.4 Å². The number of rotatable bonds is 6. The summed E-state index contributed by atoms with van der Waals surface area (Å²) in [7, 11) is 0. The lowest BCUT2D eigenvalue weighted by Crippen LogP contribution is -2.56. The van der Waals surface area contributed by atoms with E-state index in [4.69, 9.17) is 4.74 Å². The van der Waals surface area contributed by atoms with Crippen molar-refractivity contribution in [1.82, 2.24) is 15.1 Å². The molecule has 3 aliphatic rings. The van der Waals surface area contributed by atoms with E-state index in [0.717, 1.165) is 25.3 Å². The molecule has 0 radical (unpaired) electrons. The molecule has 10 heteroatoms. The maximum absolute atomic E-state index is 13.8. The summed E-state index contributed by atoms with van der Waals surface area (Å²) in [5, 5.41) is 23.5. The minimum Gasteiger partial charge on any atom is -0.507 e. The van der Waals surface area contributed by atoms with Gasteiger partial charge in [-0.15, -0.1) is 0 Å². The largest absolute Gasteiger partial charge is 0.507 e. The smallest absolute Gasteiger partial charge is 0.276 e. The number of aliphatic hydroxyl groups is 2. The van der Waals surface area contributed by atoms with Gasteiger partial charge in [0.2, 0.25) is 0 Å². The Morgan fingerprint density at radius 1 is 1.34 bits per heavy atom. The Hall–Kier alpha value is -2.98. The lowest BCUT2D eigenvalue weighted by molar-refractivity contribution is -0.141. The highest BCUT2D eigenvalue weighted by Gasteiger charge is 2.48. The zero-order valence-electron chi connectivity index (χ0n) is 17.6. The average Bonchev–Trinajstić information content (AvgIpc) is 3.17. The minimum absolute atomic E-state index is 0.0624. The van der Waals surface area contributed by atoms with Crippen LogP contribution in [0.1, 0.15) is 31.7 Å². The molecule has 0 aromatic heterocycles. The highest BCUT2D eigenvalue weighted by atomic mass is 19.1. The second-order valence-corrected chi connectivity index (χ2v) is 8.09. The second kappa shape index (κ2) is 8.87. The zero-order chi connectivity index (χ0) is 23.0. The molecule has 172 valence electrons.